The Morgan fingerprint density at radius 3 is 2.46 bits per heavy atom. The normalized spacial score (nSPS) is 12.0. The third-order valence-corrected chi connectivity index (χ3v) is 4.96. The topological polar surface area (TPSA) is 68.4 Å². The molecule has 0 atom stereocenters. The maximum atomic E-state index is 12.9. The number of hydrogen-bond donors (Lipinski definition) is 1. The van der Waals surface area contributed by atoms with Gasteiger partial charge in [0.25, 0.3) is 0 Å². The van der Waals surface area contributed by atoms with E-state index in [1.165, 1.54) is 12.5 Å². The number of aromatic nitrogens is 1. The molecule has 1 aliphatic carbocycles. The van der Waals surface area contributed by atoms with Crippen LogP contribution in [0.3, 0.4) is 0 Å². The van der Waals surface area contributed by atoms with Crippen LogP contribution in [-0.4, -0.2) is 16.9 Å². The predicted octanol–water partition coefficient (Wildman–Crippen LogP) is 4.20. The molecule has 1 aliphatic rings. The minimum Gasteiger partial charge on any atom is -0.459 e. The van der Waals surface area contributed by atoms with Gasteiger partial charge in [0.05, 0.1) is 5.69 Å². The van der Waals surface area contributed by atoms with Gasteiger partial charge in [-0.1, -0.05) is 54.6 Å². The monoisotopic (exact) mass is 375 g/mol. The van der Waals surface area contributed by atoms with E-state index in [9.17, 15) is 9.59 Å². The Bertz CT molecular complexity index is 1020. The van der Waals surface area contributed by atoms with Crippen LogP contribution in [0.1, 0.15) is 39.8 Å². The number of carbonyl (C=O) groups excluding carboxylic acids is 2. The fourth-order valence-corrected chi connectivity index (χ4v) is 3.65. The number of ether oxygens (including phenoxy) is 2. The van der Waals surface area contributed by atoms with E-state index >= 15 is 0 Å². The van der Waals surface area contributed by atoms with E-state index in [1.807, 2.05) is 48.5 Å². The molecule has 0 unspecified atom stereocenters. The molecular formula is C23H21NO4. The lowest BCUT2D eigenvalue weighted by Gasteiger charge is -2.18. The summed E-state index contributed by atoms with van der Waals surface area (Å²) in [5, 5.41) is 0. The highest BCUT2D eigenvalue weighted by molar-refractivity contribution is 5.98. The molecule has 0 amide bonds. The first kappa shape index (κ1) is 18.0. The molecule has 0 bridgehead atoms. The summed E-state index contributed by atoms with van der Waals surface area (Å²) in [5.41, 5.74) is 6.21. The molecule has 142 valence electrons. The van der Waals surface area contributed by atoms with Crippen LogP contribution in [0.4, 0.5) is 0 Å². The summed E-state index contributed by atoms with van der Waals surface area (Å²) < 4.78 is 10.7. The number of fused-ring (bicyclic) bond motifs is 3. The van der Waals surface area contributed by atoms with Gasteiger partial charge in [0.1, 0.15) is 18.9 Å². The molecule has 0 saturated heterocycles. The molecule has 5 heteroatoms. The van der Waals surface area contributed by atoms with Crippen molar-refractivity contribution in [2.24, 2.45) is 0 Å². The van der Waals surface area contributed by atoms with Crippen molar-refractivity contribution in [1.29, 1.82) is 0 Å². The van der Waals surface area contributed by atoms with Gasteiger partial charge in [-0.25, -0.2) is 4.79 Å². The van der Waals surface area contributed by atoms with Gasteiger partial charge in [0.15, 0.2) is 0 Å². The third-order valence-electron chi connectivity index (χ3n) is 4.96. The highest BCUT2D eigenvalue weighted by atomic mass is 16.5. The van der Waals surface area contributed by atoms with Crippen molar-refractivity contribution in [2.75, 3.05) is 0 Å². The van der Waals surface area contributed by atoms with Crippen molar-refractivity contribution in [3.05, 3.63) is 82.7 Å². The van der Waals surface area contributed by atoms with E-state index in [-0.39, 0.29) is 19.2 Å². The van der Waals surface area contributed by atoms with Crippen LogP contribution in [0.15, 0.2) is 54.6 Å². The standard InChI is InChI=1S/C23H21NO4/c1-15(25)27-14-20-19-12-11-17-9-5-6-10-18(17)21(19)22(24-20)23(26)28-13-16-7-3-2-4-8-16/h2-10,24H,11-14H2,1H3. The molecule has 0 aliphatic heterocycles. The van der Waals surface area contributed by atoms with Crippen LogP contribution in [0.2, 0.25) is 0 Å². The van der Waals surface area contributed by atoms with Crippen LogP contribution in [0.5, 0.6) is 0 Å². The molecule has 1 aromatic heterocycles. The highest BCUT2D eigenvalue weighted by Gasteiger charge is 2.28. The molecule has 2 aromatic carbocycles. The summed E-state index contributed by atoms with van der Waals surface area (Å²) in [5.74, 6) is -0.765. The first-order chi connectivity index (χ1) is 13.6. The second kappa shape index (κ2) is 7.72. The zero-order chi connectivity index (χ0) is 19.5. The lowest BCUT2D eigenvalue weighted by atomic mass is 9.86. The summed E-state index contributed by atoms with van der Waals surface area (Å²) in [6, 6.07) is 17.6. The molecule has 0 saturated carbocycles. The van der Waals surface area contributed by atoms with Crippen molar-refractivity contribution in [3.8, 4) is 11.1 Å². The average molecular weight is 375 g/mol. The highest BCUT2D eigenvalue weighted by Crippen LogP contribution is 2.38. The van der Waals surface area contributed by atoms with Crippen LogP contribution in [0, 0.1) is 0 Å². The molecular weight excluding hydrogens is 354 g/mol. The summed E-state index contributed by atoms with van der Waals surface area (Å²) in [6.07, 6.45) is 1.66. The van der Waals surface area contributed by atoms with Crippen molar-refractivity contribution >= 4 is 11.9 Å². The van der Waals surface area contributed by atoms with Crippen molar-refractivity contribution in [1.82, 2.24) is 4.98 Å². The Hall–Kier alpha value is -3.34. The van der Waals surface area contributed by atoms with Gasteiger partial charge in [0.2, 0.25) is 0 Å². The number of H-pyrrole nitrogens is 1. The average Bonchev–Trinajstić information content (AvgIpc) is 3.10. The van der Waals surface area contributed by atoms with Gasteiger partial charge in [-0.3, -0.25) is 4.79 Å². The van der Waals surface area contributed by atoms with Crippen molar-refractivity contribution < 1.29 is 19.1 Å². The van der Waals surface area contributed by atoms with Gasteiger partial charge in [-0.2, -0.15) is 0 Å². The maximum Gasteiger partial charge on any atom is 0.355 e. The minimum absolute atomic E-state index is 0.117. The number of benzene rings is 2. The zero-order valence-corrected chi connectivity index (χ0v) is 15.7. The van der Waals surface area contributed by atoms with E-state index in [0.29, 0.717) is 5.69 Å². The zero-order valence-electron chi connectivity index (χ0n) is 15.7. The first-order valence-electron chi connectivity index (χ1n) is 9.30. The first-order valence-corrected chi connectivity index (χ1v) is 9.30. The number of aromatic amines is 1. The summed E-state index contributed by atoms with van der Waals surface area (Å²) >= 11 is 0. The fourth-order valence-electron chi connectivity index (χ4n) is 3.65. The lowest BCUT2D eigenvalue weighted by molar-refractivity contribution is -0.142. The van der Waals surface area contributed by atoms with E-state index in [1.54, 1.807) is 0 Å². The van der Waals surface area contributed by atoms with Crippen molar-refractivity contribution in [3.63, 3.8) is 0 Å². The van der Waals surface area contributed by atoms with Crippen LogP contribution in [0.25, 0.3) is 11.1 Å². The summed E-state index contributed by atoms with van der Waals surface area (Å²) in [6.45, 7) is 1.69. The molecule has 3 aromatic rings. The van der Waals surface area contributed by atoms with Crippen molar-refractivity contribution in [2.45, 2.75) is 33.0 Å². The van der Waals surface area contributed by atoms with E-state index in [2.05, 4.69) is 11.1 Å². The molecule has 1 N–H and O–H groups in total. The molecule has 0 spiro atoms. The van der Waals surface area contributed by atoms with Gasteiger partial charge in [-0.05, 0) is 35.1 Å². The third kappa shape index (κ3) is 3.56. The number of esters is 2. The maximum absolute atomic E-state index is 12.9. The summed E-state index contributed by atoms with van der Waals surface area (Å²) in [4.78, 5) is 27.3. The van der Waals surface area contributed by atoms with Crippen LogP contribution >= 0.6 is 0 Å². The largest absolute Gasteiger partial charge is 0.459 e. The molecule has 4 rings (SSSR count). The molecule has 1 heterocycles. The number of hydrogen-bond acceptors (Lipinski definition) is 4. The van der Waals surface area contributed by atoms with Gasteiger partial charge < -0.3 is 14.5 Å². The predicted molar refractivity (Wildman–Crippen MR) is 105 cm³/mol. The number of nitrogens with one attached hydrogen (secondary N) is 1. The number of aryl methyl sites for hydroxylation is 1. The summed E-state index contributed by atoms with van der Waals surface area (Å²) in [7, 11) is 0. The molecule has 0 radical (unpaired) electrons. The van der Waals surface area contributed by atoms with E-state index in [0.717, 1.165) is 40.8 Å². The minimum atomic E-state index is -0.411. The lowest BCUT2D eigenvalue weighted by Crippen LogP contribution is -2.09. The van der Waals surface area contributed by atoms with Gasteiger partial charge in [0, 0.05) is 12.5 Å². The Kier molecular flexibility index (Phi) is 4.98. The SMILES string of the molecule is CC(=O)OCc1[nH]c(C(=O)OCc2ccccc2)c2c1CCc1ccccc1-2. The molecule has 0 fully saturated rings. The quantitative estimate of drug-likeness (QED) is 0.679. The van der Waals surface area contributed by atoms with Gasteiger partial charge >= 0.3 is 11.9 Å². The van der Waals surface area contributed by atoms with Gasteiger partial charge in [-0.15, -0.1) is 0 Å². The second-order valence-corrected chi connectivity index (χ2v) is 6.83. The van der Waals surface area contributed by atoms with Crippen LogP contribution in [-0.2, 0) is 40.3 Å². The smallest absolute Gasteiger partial charge is 0.355 e. The van der Waals surface area contributed by atoms with Crippen LogP contribution < -0.4 is 0 Å². The Balaban J connectivity index is 1.68. The Morgan fingerprint density at radius 1 is 0.929 bits per heavy atom. The van der Waals surface area contributed by atoms with E-state index < -0.39 is 5.97 Å². The molecule has 5 nitrogen and oxygen atoms in total. The second-order valence-electron chi connectivity index (χ2n) is 6.83. The Morgan fingerprint density at radius 2 is 1.68 bits per heavy atom. The van der Waals surface area contributed by atoms with E-state index in [4.69, 9.17) is 9.47 Å². The fraction of sp³-hybridized carbons (Fsp3) is 0.217. The number of carbonyl (C=O) groups is 2. The Labute approximate surface area is 163 Å². The number of rotatable bonds is 5. The molecule has 28 heavy (non-hydrogen) atoms.